The fourth-order valence-corrected chi connectivity index (χ4v) is 2.91. The Bertz CT molecular complexity index is 332. The Kier molecular flexibility index (Phi) is 4.60. The lowest BCUT2D eigenvalue weighted by Crippen LogP contribution is -2.34. The van der Waals surface area contributed by atoms with Crippen LogP contribution >= 0.6 is 0 Å². The van der Waals surface area contributed by atoms with Gasteiger partial charge < -0.3 is 5.32 Å². The molecule has 0 saturated heterocycles. The van der Waals surface area contributed by atoms with E-state index >= 15 is 0 Å². The first-order chi connectivity index (χ1) is 8.31. The van der Waals surface area contributed by atoms with E-state index in [1.165, 1.54) is 44.1 Å². The van der Waals surface area contributed by atoms with Crippen LogP contribution < -0.4 is 5.32 Å². The molecule has 1 aromatic rings. The highest BCUT2D eigenvalue weighted by Crippen LogP contribution is 2.31. The molecule has 1 fully saturated rings. The zero-order chi connectivity index (χ0) is 12.1. The summed E-state index contributed by atoms with van der Waals surface area (Å²) in [4.78, 5) is 0. The van der Waals surface area contributed by atoms with Crippen molar-refractivity contribution >= 4 is 0 Å². The summed E-state index contributed by atoms with van der Waals surface area (Å²) in [5.41, 5.74) is 1.42. The molecule has 17 heavy (non-hydrogen) atoms. The van der Waals surface area contributed by atoms with Crippen molar-refractivity contribution in [3.8, 4) is 0 Å². The maximum absolute atomic E-state index is 4.33. The van der Waals surface area contributed by atoms with Gasteiger partial charge in [-0.2, -0.15) is 5.10 Å². The maximum atomic E-state index is 4.33. The van der Waals surface area contributed by atoms with Crippen molar-refractivity contribution in [2.75, 3.05) is 6.54 Å². The molecular formula is C14H25N3. The first-order valence-corrected chi connectivity index (χ1v) is 7.03. The maximum Gasteiger partial charge on any atom is 0.0525 e. The SMILES string of the molecule is CCCNC1CCCCCC1c1cnn(C)c1. The van der Waals surface area contributed by atoms with Crippen LogP contribution in [0, 0.1) is 0 Å². The van der Waals surface area contributed by atoms with Gasteiger partial charge in [-0.1, -0.05) is 26.2 Å². The molecule has 1 saturated carbocycles. The smallest absolute Gasteiger partial charge is 0.0525 e. The van der Waals surface area contributed by atoms with E-state index in [-0.39, 0.29) is 0 Å². The number of rotatable bonds is 4. The van der Waals surface area contributed by atoms with Crippen molar-refractivity contribution in [1.82, 2.24) is 15.1 Å². The van der Waals surface area contributed by atoms with Crippen LogP contribution in [0.5, 0.6) is 0 Å². The van der Waals surface area contributed by atoms with Crippen LogP contribution in [0.25, 0.3) is 0 Å². The Labute approximate surface area is 105 Å². The molecule has 1 aliphatic carbocycles. The first kappa shape index (κ1) is 12.6. The quantitative estimate of drug-likeness (QED) is 0.813. The van der Waals surface area contributed by atoms with Crippen molar-refractivity contribution in [1.29, 1.82) is 0 Å². The zero-order valence-corrected chi connectivity index (χ0v) is 11.2. The minimum atomic E-state index is 0.654. The van der Waals surface area contributed by atoms with Crippen molar-refractivity contribution < 1.29 is 0 Å². The summed E-state index contributed by atoms with van der Waals surface area (Å²) in [5.74, 6) is 0.665. The Balaban J connectivity index is 2.08. The third kappa shape index (κ3) is 3.32. The summed E-state index contributed by atoms with van der Waals surface area (Å²) >= 11 is 0. The van der Waals surface area contributed by atoms with Crippen LogP contribution in [0.15, 0.2) is 12.4 Å². The normalized spacial score (nSPS) is 25.8. The molecule has 2 atom stereocenters. The van der Waals surface area contributed by atoms with E-state index in [2.05, 4.69) is 29.7 Å². The number of nitrogens with zero attached hydrogens (tertiary/aromatic N) is 2. The molecule has 0 aromatic carbocycles. The summed E-state index contributed by atoms with van der Waals surface area (Å²) in [6, 6.07) is 0.654. The van der Waals surface area contributed by atoms with Crippen LogP contribution in [-0.4, -0.2) is 22.4 Å². The molecule has 0 radical (unpaired) electrons. The Morgan fingerprint density at radius 3 is 2.88 bits per heavy atom. The first-order valence-electron chi connectivity index (χ1n) is 7.03. The average molecular weight is 235 g/mol. The number of hydrogen-bond acceptors (Lipinski definition) is 2. The van der Waals surface area contributed by atoms with Gasteiger partial charge in [0.1, 0.15) is 0 Å². The molecule has 1 aliphatic rings. The molecule has 3 nitrogen and oxygen atoms in total. The monoisotopic (exact) mass is 235 g/mol. The van der Waals surface area contributed by atoms with Gasteiger partial charge in [-0.15, -0.1) is 0 Å². The topological polar surface area (TPSA) is 29.9 Å². The van der Waals surface area contributed by atoms with Crippen LogP contribution in [-0.2, 0) is 7.05 Å². The highest BCUT2D eigenvalue weighted by atomic mass is 15.2. The van der Waals surface area contributed by atoms with E-state index in [0.29, 0.717) is 12.0 Å². The summed E-state index contributed by atoms with van der Waals surface area (Å²) in [6.07, 6.45) is 12.2. The molecule has 0 bridgehead atoms. The van der Waals surface area contributed by atoms with E-state index in [1.807, 2.05) is 11.7 Å². The predicted octanol–water partition coefficient (Wildman–Crippen LogP) is 2.84. The molecular weight excluding hydrogens is 210 g/mol. The van der Waals surface area contributed by atoms with Gasteiger partial charge in [0.05, 0.1) is 6.20 Å². The van der Waals surface area contributed by atoms with Crippen LogP contribution in [0.1, 0.15) is 56.9 Å². The summed E-state index contributed by atoms with van der Waals surface area (Å²) in [7, 11) is 2.01. The number of aromatic nitrogens is 2. The zero-order valence-electron chi connectivity index (χ0n) is 11.2. The second-order valence-corrected chi connectivity index (χ2v) is 5.25. The van der Waals surface area contributed by atoms with Crippen molar-refractivity contribution in [2.24, 2.45) is 7.05 Å². The van der Waals surface area contributed by atoms with Gasteiger partial charge in [0.2, 0.25) is 0 Å². The molecule has 1 heterocycles. The van der Waals surface area contributed by atoms with E-state index < -0.39 is 0 Å². The molecule has 3 heteroatoms. The summed E-state index contributed by atoms with van der Waals surface area (Å²) in [5, 5.41) is 8.06. The predicted molar refractivity (Wildman–Crippen MR) is 71.1 cm³/mol. The highest BCUT2D eigenvalue weighted by Gasteiger charge is 2.25. The number of aryl methyl sites for hydroxylation is 1. The molecule has 2 rings (SSSR count). The van der Waals surface area contributed by atoms with Crippen LogP contribution in [0.3, 0.4) is 0 Å². The van der Waals surface area contributed by atoms with Crippen molar-refractivity contribution in [2.45, 2.75) is 57.4 Å². The summed E-state index contributed by atoms with van der Waals surface area (Å²) in [6.45, 7) is 3.38. The lowest BCUT2D eigenvalue weighted by Gasteiger charge is -2.25. The Morgan fingerprint density at radius 1 is 1.35 bits per heavy atom. The third-order valence-electron chi connectivity index (χ3n) is 3.83. The molecule has 1 N–H and O–H groups in total. The minimum Gasteiger partial charge on any atom is -0.313 e. The van der Waals surface area contributed by atoms with E-state index in [1.54, 1.807) is 0 Å². The van der Waals surface area contributed by atoms with Crippen molar-refractivity contribution in [3.63, 3.8) is 0 Å². The molecule has 0 aliphatic heterocycles. The molecule has 0 amide bonds. The van der Waals surface area contributed by atoms with Gasteiger partial charge in [0, 0.05) is 25.2 Å². The number of hydrogen-bond donors (Lipinski definition) is 1. The molecule has 1 aromatic heterocycles. The van der Waals surface area contributed by atoms with E-state index in [9.17, 15) is 0 Å². The molecule has 96 valence electrons. The molecule has 2 unspecified atom stereocenters. The van der Waals surface area contributed by atoms with Gasteiger partial charge in [0.15, 0.2) is 0 Å². The lowest BCUT2D eigenvalue weighted by molar-refractivity contribution is 0.411. The van der Waals surface area contributed by atoms with Gasteiger partial charge >= 0.3 is 0 Å². The summed E-state index contributed by atoms with van der Waals surface area (Å²) < 4.78 is 1.93. The minimum absolute atomic E-state index is 0.654. The average Bonchev–Trinajstić information content (AvgIpc) is 2.63. The lowest BCUT2D eigenvalue weighted by atomic mass is 9.89. The highest BCUT2D eigenvalue weighted by molar-refractivity contribution is 5.14. The van der Waals surface area contributed by atoms with Crippen LogP contribution in [0.2, 0.25) is 0 Å². The second kappa shape index (κ2) is 6.20. The van der Waals surface area contributed by atoms with Gasteiger partial charge in [-0.05, 0) is 31.4 Å². The van der Waals surface area contributed by atoms with Crippen molar-refractivity contribution in [3.05, 3.63) is 18.0 Å². The Morgan fingerprint density at radius 2 is 2.18 bits per heavy atom. The molecule has 0 spiro atoms. The van der Waals surface area contributed by atoms with E-state index in [4.69, 9.17) is 0 Å². The van der Waals surface area contributed by atoms with Crippen LogP contribution in [0.4, 0.5) is 0 Å². The Hall–Kier alpha value is -0.830. The largest absolute Gasteiger partial charge is 0.313 e. The standard InChI is InChI=1S/C14H25N3/c1-3-9-15-14-8-6-4-5-7-13(14)12-10-16-17(2)11-12/h10-11,13-15H,3-9H2,1-2H3. The van der Waals surface area contributed by atoms with Gasteiger partial charge in [-0.3, -0.25) is 4.68 Å². The fourth-order valence-electron chi connectivity index (χ4n) is 2.91. The van der Waals surface area contributed by atoms with E-state index in [0.717, 1.165) is 6.54 Å². The van der Waals surface area contributed by atoms with Gasteiger partial charge in [-0.25, -0.2) is 0 Å². The van der Waals surface area contributed by atoms with Gasteiger partial charge in [0.25, 0.3) is 0 Å². The third-order valence-corrected chi connectivity index (χ3v) is 3.83. The fraction of sp³-hybridized carbons (Fsp3) is 0.786. The second-order valence-electron chi connectivity index (χ2n) is 5.25. The number of nitrogens with one attached hydrogen (secondary N) is 1.